The average Bonchev–Trinajstić information content (AvgIpc) is 2.08. The Labute approximate surface area is 81.9 Å². The maximum atomic E-state index is 12.6. The molecule has 76 valence electrons. The van der Waals surface area contributed by atoms with Gasteiger partial charge in [0, 0.05) is 6.42 Å². The monoisotopic (exact) mass is 184 g/mol. The number of halogens is 1. The Morgan fingerprint density at radius 2 is 1.92 bits per heavy atom. The van der Waals surface area contributed by atoms with Gasteiger partial charge in [-0.05, 0) is 13.3 Å². The maximum absolute atomic E-state index is 12.6. The highest BCUT2D eigenvalue weighted by Crippen LogP contribution is 2.05. The van der Waals surface area contributed by atoms with Crippen molar-refractivity contribution in [3.05, 3.63) is 36.2 Å². The molecule has 0 bridgehead atoms. The molecular formula is C12H21F. The predicted octanol–water partition coefficient (Wildman–Crippen LogP) is 4.80. The minimum absolute atomic E-state index is 0.0648. The van der Waals surface area contributed by atoms with Crippen LogP contribution in [0.2, 0.25) is 0 Å². The van der Waals surface area contributed by atoms with Crippen molar-refractivity contribution in [1.29, 1.82) is 0 Å². The fourth-order valence-electron chi connectivity index (χ4n) is 0.678. The van der Waals surface area contributed by atoms with Gasteiger partial charge in [0.15, 0.2) is 0 Å². The molecule has 0 N–H and O–H groups in total. The standard InChI is InChI=1S/C10H15F.C2H6/c1-4-6-10(11)8-5-7-9(2)3;1-2/h5-7H,2,4,8H2,1,3H3;1-2H3/b7-5-,10-6+;. The molecule has 0 saturated carbocycles. The summed E-state index contributed by atoms with van der Waals surface area (Å²) in [7, 11) is 0. The lowest BCUT2D eigenvalue weighted by Gasteiger charge is -1.89. The number of hydrogen-bond acceptors (Lipinski definition) is 0. The smallest absolute Gasteiger partial charge is 0.0997 e. The van der Waals surface area contributed by atoms with Crippen molar-refractivity contribution in [1.82, 2.24) is 0 Å². The van der Waals surface area contributed by atoms with Gasteiger partial charge in [0.05, 0.1) is 5.83 Å². The van der Waals surface area contributed by atoms with Crippen molar-refractivity contribution < 1.29 is 4.39 Å². The Bertz CT molecular complexity index is 176. The predicted molar refractivity (Wildman–Crippen MR) is 59.4 cm³/mol. The van der Waals surface area contributed by atoms with Crippen molar-refractivity contribution in [3.63, 3.8) is 0 Å². The van der Waals surface area contributed by atoms with Crippen molar-refractivity contribution in [2.45, 2.75) is 40.5 Å². The summed E-state index contributed by atoms with van der Waals surface area (Å²) >= 11 is 0. The van der Waals surface area contributed by atoms with Crippen molar-refractivity contribution in [2.75, 3.05) is 0 Å². The molecule has 0 fully saturated rings. The van der Waals surface area contributed by atoms with Crippen LogP contribution in [-0.2, 0) is 0 Å². The van der Waals surface area contributed by atoms with Gasteiger partial charge in [-0.25, -0.2) is 4.39 Å². The van der Waals surface area contributed by atoms with E-state index < -0.39 is 0 Å². The van der Waals surface area contributed by atoms with Crippen LogP contribution >= 0.6 is 0 Å². The van der Waals surface area contributed by atoms with Crippen LogP contribution in [0.5, 0.6) is 0 Å². The van der Waals surface area contributed by atoms with E-state index in [2.05, 4.69) is 6.58 Å². The van der Waals surface area contributed by atoms with Crippen LogP contribution in [0.25, 0.3) is 0 Å². The molecule has 0 aromatic rings. The molecule has 0 aliphatic rings. The van der Waals surface area contributed by atoms with Gasteiger partial charge < -0.3 is 0 Å². The SMILES string of the molecule is C=C(C)/C=C\C/C(F)=C\CC.CC. The van der Waals surface area contributed by atoms with Crippen LogP contribution in [0, 0.1) is 0 Å². The zero-order chi connectivity index (χ0) is 10.7. The third kappa shape index (κ3) is 14.1. The second-order valence-corrected chi connectivity index (χ2v) is 2.51. The first-order valence-corrected chi connectivity index (χ1v) is 4.83. The lowest BCUT2D eigenvalue weighted by atomic mass is 10.2. The molecule has 0 aromatic carbocycles. The first-order chi connectivity index (χ1) is 6.16. The number of allylic oxidation sites excluding steroid dienone is 5. The maximum Gasteiger partial charge on any atom is 0.0997 e. The summed E-state index contributed by atoms with van der Waals surface area (Å²) in [6, 6.07) is 0. The largest absolute Gasteiger partial charge is 0.212 e. The molecule has 0 aliphatic heterocycles. The van der Waals surface area contributed by atoms with Crippen LogP contribution in [0.3, 0.4) is 0 Å². The Kier molecular flexibility index (Phi) is 12.6. The van der Waals surface area contributed by atoms with E-state index >= 15 is 0 Å². The van der Waals surface area contributed by atoms with E-state index in [9.17, 15) is 4.39 Å². The third-order valence-corrected chi connectivity index (χ3v) is 1.14. The summed E-state index contributed by atoms with van der Waals surface area (Å²) in [4.78, 5) is 0. The highest BCUT2D eigenvalue weighted by Gasteiger charge is 1.87. The van der Waals surface area contributed by atoms with E-state index in [1.54, 1.807) is 12.2 Å². The van der Waals surface area contributed by atoms with Crippen LogP contribution in [0.4, 0.5) is 4.39 Å². The summed E-state index contributed by atoms with van der Waals surface area (Å²) in [5.41, 5.74) is 0.953. The van der Waals surface area contributed by atoms with Gasteiger partial charge in [-0.2, -0.15) is 0 Å². The fourth-order valence-corrected chi connectivity index (χ4v) is 0.678. The highest BCUT2D eigenvalue weighted by atomic mass is 19.1. The van der Waals surface area contributed by atoms with Crippen LogP contribution in [0.1, 0.15) is 40.5 Å². The van der Waals surface area contributed by atoms with Gasteiger partial charge in [-0.1, -0.05) is 51.2 Å². The molecule has 0 atom stereocenters. The minimum atomic E-state index is -0.0648. The fraction of sp³-hybridized carbons (Fsp3) is 0.500. The van der Waals surface area contributed by atoms with E-state index in [-0.39, 0.29) is 5.83 Å². The average molecular weight is 184 g/mol. The number of rotatable bonds is 4. The van der Waals surface area contributed by atoms with E-state index in [0.717, 1.165) is 12.0 Å². The van der Waals surface area contributed by atoms with Gasteiger partial charge in [-0.15, -0.1) is 0 Å². The molecule has 0 rings (SSSR count). The summed E-state index contributed by atoms with van der Waals surface area (Å²) in [6.45, 7) is 11.5. The van der Waals surface area contributed by atoms with Gasteiger partial charge >= 0.3 is 0 Å². The first-order valence-electron chi connectivity index (χ1n) is 4.83. The second kappa shape index (κ2) is 11.2. The Balaban J connectivity index is 0. The van der Waals surface area contributed by atoms with Crippen molar-refractivity contribution in [3.8, 4) is 0 Å². The third-order valence-electron chi connectivity index (χ3n) is 1.14. The lowest BCUT2D eigenvalue weighted by molar-refractivity contribution is 0.612. The molecule has 0 aliphatic carbocycles. The molecule has 0 radical (unpaired) electrons. The first kappa shape index (κ1) is 14.7. The van der Waals surface area contributed by atoms with Gasteiger partial charge in [0.25, 0.3) is 0 Å². The Hall–Kier alpha value is -0.850. The van der Waals surface area contributed by atoms with E-state index in [4.69, 9.17) is 0 Å². The molecule has 0 spiro atoms. The molecule has 0 saturated heterocycles. The summed E-state index contributed by atoms with van der Waals surface area (Å²) < 4.78 is 12.6. The van der Waals surface area contributed by atoms with Crippen LogP contribution in [-0.4, -0.2) is 0 Å². The number of hydrogen-bond donors (Lipinski definition) is 0. The highest BCUT2D eigenvalue weighted by molar-refractivity contribution is 5.13. The van der Waals surface area contributed by atoms with Crippen molar-refractivity contribution in [2.24, 2.45) is 0 Å². The Morgan fingerprint density at radius 1 is 1.38 bits per heavy atom. The lowest BCUT2D eigenvalue weighted by Crippen LogP contribution is -1.70. The summed E-state index contributed by atoms with van der Waals surface area (Å²) in [5.74, 6) is -0.0648. The van der Waals surface area contributed by atoms with Gasteiger partial charge in [0.1, 0.15) is 0 Å². The van der Waals surface area contributed by atoms with Gasteiger partial charge in [0.2, 0.25) is 0 Å². The van der Waals surface area contributed by atoms with Gasteiger partial charge in [-0.3, -0.25) is 0 Å². The normalized spacial score (nSPS) is 11.0. The van der Waals surface area contributed by atoms with Crippen molar-refractivity contribution >= 4 is 0 Å². The zero-order valence-electron chi connectivity index (χ0n) is 9.23. The second-order valence-electron chi connectivity index (χ2n) is 2.51. The van der Waals surface area contributed by atoms with E-state index in [1.807, 2.05) is 33.8 Å². The minimum Gasteiger partial charge on any atom is -0.212 e. The van der Waals surface area contributed by atoms with Crippen LogP contribution < -0.4 is 0 Å². The quantitative estimate of drug-likeness (QED) is 0.550. The molecular weight excluding hydrogens is 163 g/mol. The molecule has 0 aromatic heterocycles. The molecule has 13 heavy (non-hydrogen) atoms. The van der Waals surface area contributed by atoms with E-state index in [0.29, 0.717) is 6.42 Å². The molecule has 0 unspecified atom stereocenters. The molecule has 0 nitrogen and oxygen atoms in total. The zero-order valence-corrected chi connectivity index (χ0v) is 9.23. The van der Waals surface area contributed by atoms with E-state index in [1.165, 1.54) is 0 Å². The molecule has 1 heteroatoms. The summed E-state index contributed by atoms with van der Waals surface area (Å²) in [5, 5.41) is 0. The molecule has 0 amide bonds. The topological polar surface area (TPSA) is 0 Å². The Morgan fingerprint density at radius 3 is 2.31 bits per heavy atom. The summed E-state index contributed by atoms with van der Waals surface area (Å²) in [6.07, 6.45) is 6.34. The van der Waals surface area contributed by atoms with Crippen LogP contribution in [0.15, 0.2) is 36.2 Å². The molecule has 0 heterocycles.